The Balaban J connectivity index is 1.62. The minimum Gasteiger partial charge on any atom is -0.492 e. The molecule has 0 aliphatic rings. The van der Waals surface area contributed by atoms with Crippen LogP contribution in [0.15, 0.2) is 53.3 Å². The van der Waals surface area contributed by atoms with Crippen LogP contribution in [0.3, 0.4) is 0 Å². The first-order valence-corrected chi connectivity index (χ1v) is 9.25. The third kappa shape index (κ3) is 4.22. The first kappa shape index (κ1) is 19.6. The Kier molecular flexibility index (Phi) is 5.49. The van der Waals surface area contributed by atoms with Crippen molar-refractivity contribution in [3.8, 4) is 5.75 Å². The molecule has 146 valence electrons. The number of ether oxygens (including phenoxy) is 1. The highest BCUT2D eigenvalue weighted by molar-refractivity contribution is 6.04. The van der Waals surface area contributed by atoms with Crippen molar-refractivity contribution < 1.29 is 9.53 Å². The molecule has 1 aromatic heterocycles. The fourth-order valence-electron chi connectivity index (χ4n) is 2.94. The molecule has 0 saturated heterocycles. The standard InChI is InChI=1S/C22H25N3O3/c1-22(2,3)15-9-11-16(12-10-15)28-14-13-23-20(26)19-17-7-5-6-8-18(17)21(27)25(4)24-19/h5-12H,13-14H2,1-4H3,(H,23,26). The Morgan fingerprint density at radius 3 is 2.36 bits per heavy atom. The summed E-state index contributed by atoms with van der Waals surface area (Å²) in [6, 6.07) is 14.9. The number of fused-ring (bicyclic) bond motifs is 1. The normalized spacial score (nSPS) is 11.4. The lowest BCUT2D eigenvalue weighted by Gasteiger charge is -2.19. The van der Waals surface area contributed by atoms with Gasteiger partial charge >= 0.3 is 0 Å². The molecule has 0 spiro atoms. The van der Waals surface area contributed by atoms with Crippen LogP contribution in [0, 0.1) is 0 Å². The number of rotatable bonds is 5. The predicted molar refractivity (Wildman–Crippen MR) is 110 cm³/mol. The molecule has 0 fully saturated rings. The smallest absolute Gasteiger partial charge is 0.274 e. The van der Waals surface area contributed by atoms with Crippen molar-refractivity contribution in [1.82, 2.24) is 15.1 Å². The average Bonchev–Trinajstić information content (AvgIpc) is 2.67. The quantitative estimate of drug-likeness (QED) is 0.692. The Morgan fingerprint density at radius 2 is 1.71 bits per heavy atom. The highest BCUT2D eigenvalue weighted by Gasteiger charge is 2.15. The lowest BCUT2D eigenvalue weighted by molar-refractivity contribution is 0.0941. The van der Waals surface area contributed by atoms with Crippen LogP contribution >= 0.6 is 0 Å². The SMILES string of the molecule is Cn1nc(C(=O)NCCOc2ccc(C(C)(C)C)cc2)c2ccccc2c1=O. The zero-order chi connectivity index (χ0) is 20.3. The molecule has 6 nitrogen and oxygen atoms in total. The lowest BCUT2D eigenvalue weighted by Crippen LogP contribution is -2.32. The van der Waals surface area contributed by atoms with Gasteiger partial charge in [-0.15, -0.1) is 0 Å². The van der Waals surface area contributed by atoms with Crippen LogP contribution in [0.5, 0.6) is 5.75 Å². The largest absolute Gasteiger partial charge is 0.492 e. The molecule has 3 rings (SSSR count). The van der Waals surface area contributed by atoms with Crippen LogP contribution < -0.4 is 15.6 Å². The van der Waals surface area contributed by atoms with E-state index in [1.165, 1.54) is 17.3 Å². The molecule has 6 heteroatoms. The first-order valence-electron chi connectivity index (χ1n) is 9.25. The second-order valence-electron chi connectivity index (χ2n) is 7.70. The van der Waals surface area contributed by atoms with Crippen molar-refractivity contribution in [2.45, 2.75) is 26.2 Å². The van der Waals surface area contributed by atoms with Gasteiger partial charge in [-0.3, -0.25) is 9.59 Å². The first-order chi connectivity index (χ1) is 13.3. The number of aromatic nitrogens is 2. The van der Waals surface area contributed by atoms with E-state index in [-0.39, 0.29) is 22.6 Å². The van der Waals surface area contributed by atoms with E-state index in [1.54, 1.807) is 24.3 Å². The zero-order valence-corrected chi connectivity index (χ0v) is 16.7. The maximum atomic E-state index is 12.5. The van der Waals surface area contributed by atoms with Crippen molar-refractivity contribution in [3.63, 3.8) is 0 Å². The van der Waals surface area contributed by atoms with Gasteiger partial charge < -0.3 is 10.1 Å². The maximum absolute atomic E-state index is 12.5. The van der Waals surface area contributed by atoms with Crippen LogP contribution in [0.1, 0.15) is 36.8 Å². The van der Waals surface area contributed by atoms with E-state index in [4.69, 9.17) is 4.74 Å². The van der Waals surface area contributed by atoms with Crippen molar-refractivity contribution in [3.05, 3.63) is 70.1 Å². The summed E-state index contributed by atoms with van der Waals surface area (Å²) in [5.41, 5.74) is 1.33. The van der Waals surface area contributed by atoms with Crippen molar-refractivity contribution in [2.75, 3.05) is 13.2 Å². The molecule has 0 saturated carbocycles. The lowest BCUT2D eigenvalue weighted by atomic mass is 9.87. The highest BCUT2D eigenvalue weighted by Crippen LogP contribution is 2.24. The topological polar surface area (TPSA) is 73.2 Å². The summed E-state index contributed by atoms with van der Waals surface area (Å²) in [4.78, 5) is 24.7. The summed E-state index contributed by atoms with van der Waals surface area (Å²) < 4.78 is 6.88. The Labute approximate surface area is 164 Å². The molecule has 3 aromatic rings. The molecular formula is C22H25N3O3. The third-order valence-electron chi connectivity index (χ3n) is 4.55. The van der Waals surface area contributed by atoms with E-state index >= 15 is 0 Å². The van der Waals surface area contributed by atoms with Gasteiger partial charge in [0.1, 0.15) is 12.4 Å². The Morgan fingerprint density at radius 1 is 1.07 bits per heavy atom. The molecule has 1 N–H and O–H groups in total. The number of carbonyl (C=O) groups is 1. The number of hydrogen-bond donors (Lipinski definition) is 1. The van der Waals surface area contributed by atoms with Gasteiger partial charge in [0.05, 0.1) is 11.9 Å². The van der Waals surface area contributed by atoms with Crippen LogP contribution in [0.2, 0.25) is 0 Å². The number of nitrogens with zero attached hydrogens (tertiary/aromatic N) is 2. The number of aryl methyl sites for hydroxylation is 1. The predicted octanol–water partition coefficient (Wildman–Crippen LogP) is 3.04. The summed E-state index contributed by atoms with van der Waals surface area (Å²) in [7, 11) is 1.54. The van der Waals surface area contributed by atoms with Crippen molar-refractivity contribution >= 4 is 16.7 Å². The van der Waals surface area contributed by atoms with Gasteiger partial charge in [-0.2, -0.15) is 5.10 Å². The number of amides is 1. The van der Waals surface area contributed by atoms with E-state index in [2.05, 4.69) is 43.3 Å². The van der Waals surface area contributed by atoms with Crippen LogP contribution in [0.25, 0.3) is 10.8 Å². The van der Waals surface area contributed by atoms with E-state index in [0.717, 1.165) is 5.75 Å². The van der Waals surface area contributed by atoms with Crippen LogP contribution in [-0.4, -0.2) is 28.8 Å². The molecular weight excluding hydrogens is 354 g/mol. The average molecular weight is 379 g/mol. The summed E-state index contributed by atoms with van der Waals surface area (Å²) in [5, 5.41) is 7.94. The van der Waals surface area contributed by atoms with E-state index in [0.29, 0.717) is 23.9 Å². The van der Waals surface area contributed by atoms with E-state index < -0.39 is 0 Å². The van der Waals surface area contributed by atoms with E-state index in [9.17, 15) is 9.59 Å². The zero-order valence-electron chi connectivity index (χ0n) is 16.7. The Bertz CT molecular complexity index is 1050. The van der Waals surface area contributed by atoms with Crippen LogP contribution in [0.4, 0.5) is 0 Å². The summed E-state index contributed by atoms with van der Waals surface area (Å²) in [6.45, 7) is 7.16. The number of nitrogens with one attached hydrogen (secondary N) is 1. The van der Waals surface area contributed by atoms with Gasteiger partial charge in [-0.05, 0) is 29.2 Å². The number of hydrogen-bond acceptors (Lipinski definition) is 4. The molecule has 0 atom stereocenters. The van der Waals surface area contributed by atoms with Gasteiger partial charge in [0.25, 0.3) is 11.5 Å². The Hall–Kier alpha value is -3.15. The third-order valence-corrected chi connectivity index (χ3v) is 4.55. The molecule has 0 unspecified atom stereocenters. The minimum absolute atomic E-state index is 0.0953. The van der Waals surface area contributed by atoms with Gasteiger partial charge in [-0.1, -0.05) is 51.1 Å². The highest BCUT2D eigenvalue weighted by atomic mass is 16.5. The molecule has 2 aromatic carbocycles. The number of benzene rings is 2. The second kappa shape index (κ2) is 7.84. The summed E-state index contributed by atoms with van der Waals surface area (Å²) in [6.07, 6.45) is 0. The summed E-state index contributed by atoms with van der Waals surface area (Å²) in [5.74, 6) is 0.423. The van der Waals surface area contributed by atoms with Gasteiger partial charge in [0.15, 0.2) is 5.69 Å². The van der Waals surface area contributed by atoms with Gasteiger partial charge in [0, 0.05) is 12.4 Å². The summed E-state index contributed by atoms with van der Waals surface area (Å²) >= 11 is 0. The minimum atomic E-state index is -0.335. The fourth-order valence-corrected chi connectivity index (χ4v) is 2.94. The molecule has 0 radical (unpaired) electrons. The van der Waals surface area contributed by atoms with Gasteiger partial charge in [-0.25, -0.2) is 4.68 Å². The van der Waals surface area contributed by atoms with Gasteiger partial charge in [0.2, 0.25) is 0 Å². The van der Waals surface area contributed by atoms with Crippen molar-refractivity contribution in [2.24, 2.45) is 7.05 Å². The molecule has 1 heterocycles. The second-order valence-corrected chi connectivity index (χ2v) is 7.70. The maximum Gasteiger partial charge on any atom is 0.274 e. The fraction of sp³-hybridized carbons (Fsp3) is 0.318. The molecule has 0 aliphatic heterocycles. The molecule has 1 amide bonds. The molecule has 0 aliphatic carbocycles. The van der Waals surface area contributed by atoms with E-state index in [1.807, 2.05) is 12.1 Å². The molecule has 0 bridgehead atoms. The monoisotopic (exact) mass is 379 g/mol. The number of carbonyl (C=O) groups excluding carboxylic acids is 1. The molecule has 28 heavy (non-hydrogen) atoms. The van der Waals surface area contributed by atoms with Crippen molar-refractivity contribution in [1.29, 1.82) is 0 Å². The van der Waals surface area contributed by atoms with Crippen LogP contribution in [-0.2, 0) is 12.5 Å².